The van der Waals surface area contributed by atoms with Gasteiger partial charge < -0.3 is 10.3 Å². The van der Waals surface area contributed by atoms with Gasteiger partial charge in [-0.1, -0.05) is 48.5 Å². The first-order valence-corrected chi connectivity index (χ1v) is 7.80. The molecule has 1 aromatic heterocycles. The Hall–Kier alpha value is -2.26. The minimum Gasteiger partial charge on any atom is -0.326 e. The Kier molecular flexibility index (Phi) is 4.45. The van der Waals surface area contributed by atoms with E-state index in [0.29, 0.717) is 0 Å². The molecule has 114 valence electrons. The van der Waals surface area contributed by atoms with E-state index < -0.39 is 0 Å². The molecule has 0 aliphatic heterocycles. The summed E-state index contributed by atoms with van der Waals surface area (Å²) in [4.78, 5) is 2.21. The molecule has 3 heteroatoms. The zero-order valence-corrected chi connectivity index (χ0v) is 13.3. The highest BCUT2D eigenvalue weighted by atomic mass is 15.4. The molecule has 3 rings (SSSR count). The monoisotopic (exact) mass is 293 g/mol. The van der Waals surface area contributed by atoms with Gasteiger partial charge in [0.1, 0.15) is 0 Å². The van der Waals surface area contributed by atoms with E-state index in [1.807, 2.05) is 0 Å². The van der Waals surface area contributed by atoms with Crippen LogP contribution in [0.15, 0.2) is 60.8 Å². The maximum atomic E-state index is 3.52. The summed E-state index contributed by atoms with van der Waals surface area (Å²) in [5.41, 5.74) is 7.28. The molecule has 3 aromatic rings. The summed E-state index contributed by atoms with van der Waals surface area (Å²) >= 11 is 0. The molecular weight excluding hydrogens is 270 g/mol. The second-order valence-electron chi connectivity index (χ2n) is 5.86. The van der Waals surface area contributed by atoms with Crippen LogP contribution < -0.4 is 5.43 Å². The first-order chi connectivity index (χ1) is 10.8. The van der Waals surface area contributed by atoms with Crippen molar-refractivity contribution in [1.29, 1.82) is 0 Å². The van der Waals surface area contributed by atoms with Gasteiger partial charge >= 0.3 is 0 Å². The highest BCUT2D eigenvalue weighted by Crippen LogP contribution is 2.29. The highest BCUT2D eigenvalue weighted by molar-refractivity contribution is 5.96. The van der Waals surface area contributed by atoms with Gasteiger partial charge in [-0.3, -0.25) is 4.68 Å². The number of aromatic nitrogens is 1. The van der Waals surface area contributed by atoms with Crippen LogP contribution in [0.1, 0.15) is 6.42 Å². The Morgan fingerprint density at radius 3 is 2.45 bits per heavy atom. The van der Waals surface area contributed by atoms with Gasteiger partial charge in [0, 0.05) is 23.7 Å². The number of fused-ring (bicyclic) bond motifs is 1. The zero-order chi connectivity index (χ0) is 15.4. The fourth-order valence-electron chi connectivity index (χ4n) is 2.75. The Balaban J connectivity index is 1.88. The minimum absolute atomic E-state index is 0.963. The molecule has 0 radical (unpaired) electrons. The third-order valence-corrected chi connectivity index (χ3v) is 3.86. The van der Waals surface area contributed by atoms with E-state index in [9.17, 15) is 0 Å². The number of hydrogen-bond acceptors (Lipinski definition) is 2. The molecule has 0 spiro atoms. The minimum atomic E-state index is 0.963. The Bertz CT molecular complexity index is 729. The van der Waals surface area contributed by atoms with Crippen molar-refractivity contribution in [1.82, 2.24) is 9.58 Å². The van der Waals surface area contributed by atoms with Crippen LogP contribution in [0, 0.1) is 0 Å². The largest absolute Gasteiger partial charge is 0.326 e. The molecular formula is C19H23N3. The van der Waals surface area contributed by atoms with Crippen molar-refractivity contribution < 1.29 is 0 Å². The van der Waals surface area contributed by atoms with Gasteiger partial charge in [0.25, 0.3) is 0 Å². The number of hydrogen-bond donors (Lipinski definition) is 1. The van der Waals surface area contributed by atoms with Crippen molar-refractivity contribution in [2.45, 2.75) is 6.42 Å². The first-order valence-electron chi connectivity index (χ1n) is 7.80. The zero-order valence-electron chi connectivity index (χ0n) is 13.3. The third-order valence-electron chi connectivity index (χ3n) is 3.86. The van der Waals surface area contributed by atoms with Gasteiger partial charge in [0.2, 0.25) is 0 Å². The average Bonchev–Trinajstić information content (AvgIpc) is 2.91. The molecule has 0 aliphatic carbocycles. The van der Waals surface area contributed by atoms with Gasteiger partial charge in [-0.15, -0.1) is 0 Å². The molecule has 0 atom stereocenters. The lowest BCUT2D eigenvalue weighted by Crippen LogP contribution is -2.20. The highest BCUT2D eigenvalue weighted by Gasteiger charge is 2.09. The van der Waals surface area contributed by atoms with Crippen molar-refractivity contribution in [2.24, 2.45) is 0 Å². The average molecular weight is 293 g/mol. The Morgan fingerprint density at radius 1 is 0.955 bits per heavy atom. The molecule has 0 unspecified atom stereocenters. The summed E-state index contributed by atoms with van der Waals surface area (Å²) in [5.74, 6) is 0. The van der Waals surface area contributed by atoms with Crippen molar-refractivity contribution in [2.75, 3.05) is 32.6 Å². The molecule has 0 bridgehead atoms. The Morgan fingerprint density at radius 2 is 1.68 bits per heavy atom. The topological polar surface area (TPSA) is 20.2 Å². The summed E-state index contributed by atoms with van der Waals surface area (Å²) in [6.07, 6.45) is 3.33. The number of nitrogens with one attached hydrogen (secondary N) is 1. The van der Waals surface area contributed by atoms with Crippen LogP contribution in [0.5, 0.6) is 0 Å². The van der Waals surface area contributed by atoms with Gasteiger partial charge in [-0.05, 0) is 38.7 Å². The summed E-state index contributed by atoms with van der Waals surface area (Å²) in [6.45, 7) is 2.06. The van der Waals surface area contributed by atoms with Crippen molar-refractivity contribution >= 4 is 10.9 Å². The van der Waals surface area contributed by atoms with Crippen LogP contribution in [0.25, 0.3) is 22.0 Å². The van der Waals surface area contributed by atoms with Crippen LogP contribution in [-0.4, -0.2) is 36.8 Å². The first kappa shape index (κ1) is 14.7. The van der Waals surface area contributed by atoms with Crippen LogP contribution in [-0.2, 0) is 0 Å². The maximum Gasteiger partial charge on any atom is 0.0698 e. The summed E-state index contributed by atoms with van der Waals surface area (Å²) in [5, 5.41) is 1.29. The SMILES string of the molecule is CN(C)CCCNn1cc(-c2ccccc2)c2ccccc21. The lowest BCUT2D eigenvalue weighted by Gasteiger charge is -2.12. The van der Waals surface area contributed by atoms with E-state index in [-0.39, 0.29) is 0 Å². The molecule has 2 aromatic carbocycles. The normalized spacial score (nSPS) is 11.2. The van der Waals surface area contributed by atoms with Crippen LogP contribution in [0.2, 0.25) is 0 Å². The lowest BCUT2D eigenvalue weighted by molar-refractivity contribution is 0.403. The molecule has 3 nitrogen and oxygen atoms in total. The molecule has 0 amide bonds. The predicted octanol–water partition coefficient (Wildman–Crippen LogP) is 3.80. The second-order valence-corrected chi connectivity index (χ2v) is 5.86. The smallest absolute Gasteiger partial charge is 0.0698 e. The van der Waals surface area contributed by atoms with E-state index >= 15 is 0 Å². The Labute approximate surface area is 132 Å². The summed E-state index contributed by atoms with van der Waals surface area (Å²) in [7, 11) is 4.22. The standard InChI is InChI=1S/C19H23N3/c1-21(2)14-8-13-20-22-15-18(16-9-4-3-5-10-16)17-11-6-7-12-19(17)22/h3-7,9-12,15,20H,8,13-14H2,1-2H3. The fourth-order valence-corrected chi connectivity index (χ4v) is 2.75. The molecule has 1 heterocycles. The molecule has 1 N–H and O–H groups in total. The van der Waals surface area contributed by atoms with Crippen molar-refractivity contribution in [3.05, 3.63) is 60.8 Å². The molecule has 0 saturated carbocycles. The maximum absolute atomic E-state index is 3.52. The number of nitrogens with zero attached hydrogens (tertiary/aromatic N) is 2. The van der Waals surface area contributed by atoms with Crippen molar-refractivity contribution in [3.63, 3.8) is 0 Å². The van der Waals surface area contributed by atoms with Gasteiger partial charge in [-0.2, -0.15) is 0 Å². The van der Waals surface area contributed by atoms with Crippen LogP contribution >= 0.6 is 0 Å². The molecule has 0 aliphatic rings. The molecule has 0 saturated heterocycles. The summed E-state index contributed by atoms with van der Waals surface area (Å²) < 4.78 is 2.16. The van der Waals surface area contributed by atoms with E-state index in [1.165, 1.54) is 22.0 Å². The number of benzene rings is 2. The quantitative estimate of drug-likeness (QED) is 0.698. The number of rotatable bonds is 6. The van der Waals surface area contributed by atoms with E-state index in [4.69, 9.17) is 0 Å². The molecule has 0 fully saturated rings. The lowest BCUT2D eigenvalue weighted by atomic mass is 10.1. The van der Waals surface area contributed by atoms with E-state index in [2.05, 4.69) is 89.9 Å². The molecule has 22 heavy (non-hydrogen) atoms. The van der Waals surface area contributed by atoms with Gasteiger partial charge in [-0.25, -0.2) is 0 Å². The van der Waals surface area contributed by atoms with Crippen LogP contribution in [0.3, 0.4) is 0 Å². The second kappa shape index (κ2) is 6.67. The van der Waals surface area contributed by atoms with Gasteiger partial charge in [0.05, 0.1) is 5.52 Å². The summed E-state index contributed by atoms with van der Waals surface area (Å²) in [6, 6.07) is 19.1. The predicted molar refractivity (Wildman–Crippen MR) is 94.8 cm³/mol. The number of para-hydroxylation sites is 1. The fraction of sp³-hybridized carbons (Fsp3) is 0.263. The van der Waals surface area contributed by atoms with E-state index in [0.717, 1.165) is 19.5 Å². The van der Waals surface area contributed by atoms with Gasteiger partial charge in [0.15, 0.2) is 0 Å². The van der Waals surface area contributed by atoms with E-state index in [1.54, 1.807) is 0 Å². The van der Waals surface area contributed by atoms with Crippen molar-refractivity contribution in [3.8, 4) is 11.1 Å². The van der Waals surface area contributed by atoms with Crippen LogP contribution in [0.4, 0.5) is 0 Å². The third kappa shape index (κ3) is 3.15.